The summed E-state index contributed by atoms with van der Waals surface area (Å²) in [4.78, 5) is 82.6. The molecule has 0 radical (unpaired) electrons. The molecule has 5 amide bonds. The third-order valence-electron chi connectivity index (χ3n) is 30.3. The molecule has 8 aromatic carbocycles. The number of amides is 5. The van der Waals surface area contributed by atoms with Crippen molar-refractivity contribution in [2.24, 2.45) is 34.1 Å². The van der Waals surface area contributed by atoms with Crippen molar-refractivity contribution in [3.8, 4) is 44.5 Å². The van der Waals surface area contributed by atoms with Crippen molar-refractivity contribution in [3.63, 3.8) is 0 Å². The number of aromatic nitrogens is 8. The lowest BCUT2D eigenvalue weighted by Crippen LogP contribution is -2.45. The van der Waals surface area contributed by atoms with Gasteiger partial charge in [-0.05, 0) is 182 Å². The van der Waals surface area contributed by atoms with Gasteiger partial charge in [-0.2, -0.15) is 32.2 Å². The second-order valence-corrected chi connectivity index (χ2v) is 41.6. The molecule has 4 spiro atoms. The van der Waals surface area contributed by atoms with Crippen LogP contribution in [0, 0.1) is 29.2 Å². The van der Waals surface area contributed by atoms with Gasteiger partial charge in [0.25, 0.3) is 0 Å². The maximum atomic E-state index is 15.2. The minimum atomic E-state index is -3.41. The van der Waals surface area contributed by atoms with Crippen LogP contribution in [-0.4, -0.2) is 178 Å². The first-order valence-electron chi connectivity index (χ1n) is 46.8. The van der Waals surface area contributed by atoms with Gasteiger partial charge in [0.15, 0.2) is 0 Å². The van der Waals surface area contributed by atoms with Crippen LogP contribution in [0.3, 0.4) is 0 Å². The second-order valence-electron chi connectivity index (χ2n) is 38.4. The molecule has 12 aromatic rings. The highest BCUT2D eigenvalue weighted by atomic mass is 32.2. The van der Waals surface area contributed by atoms with Gasteiger partial charge in [-0.15, -0.1) is 0 Å². The standard InChI is InChI=1S/C29H31FN4O2.C27H29FN4OS.C26H27FN4O.C23H23FN4O3S/c1-32-17-23(16-31-32)21-11-12-22(25(30)15-21)18-34-26-10-6-5-9-24(26)29(28(34)36)13-14-33(19-29)27(35)20-7-3-2-4-8-20;1-30-16-21(15-29-30)19-6-7-20(24(28)14-19)17-32-25-5-3-2-4-23(25)27(26(32)33)10-11-31(18-27)22-8-12-34-13-9-22;1-29-15-20(14-28-29)18-9-10-19(23(27)13-18)16-31-24-8-3-2-7-22(24)26(25(31)32)11-12-30(17-26)21-5-4-6-21;1-26-13-18(12-25-26)16-7-8-17(20(24)11-16)14-28-21-6-4-3-5-19(21)23(22(28)29)9-10-27(15-23)32(2,30)31/h5-6,9-12,15-17,20H,2-4,7-8,13-14,18-19H2,1H3;2-7,14-16,22H,8-13,17-18H2,1H3;2-3,7-10,13-15,21H,4-6,11-12,16-17H2,1H3;3-8,11-13H,9-10,14-15H2,1-2H3. The number of aryl methyl sites for hydroxylation is 4. The van der Waals surface area contributed by atoms with Gasteiger partial charge in [0.05, 0.1) is 78.9 Å². The number of carbonyl (C=O) groups is 5. The van der Waals surface area contributed by atoms with E-state index < -0.39 is 37.5 Å². The van der Waals surface area contributed by atoms with Crippen molar-refractivity contribution in [2.75, 3.05) is 89.7 Å². The number of nitrogens with zero attached hydrogens (tertiary/aromatic N) is 16. The molecule has 9 aliphatic heterocycles. The summed E-state index contributed by atoms with van der Waals surface area (Å²) in [6.07, 6.45) is 29.6. The Hall–Kier alpha value is -12.2. The SMILES string of the molecule is Cn1cc(-c2ccc(CN3C(=O)C4(CCN(C(=O)C5CCCCC5)C4)c4ccccc43)c(F)c2)cn1.Cn1cc(-c2ccc(CN3C(=O)C4(CCN(C5CCC5)C4)c4ccccc43)c(F)c2)cn1.Cn1cc(-c2ccc(CN3C(=O)C4(CCN(C5CCSCC5)C4)c4ccccc43)c(F)c2)cn1.Cn1cc(-c2ccc(CN3C(=O)C4(CCN(S(C)(=O)=O)C4)c4ccccc43)c(F)c2)cn1. The van der Waals surface area contributed by atoms with Gasteiger partial charge in [-0.3, -0.25) is 52.5 Å². The molecular weight excluding hydrogens is 1740 g/mol. The minimum Gasteiger partial charge on any atom is -0.341 e. The molecule has 29 heteroatoms. The molecule has 134 heavy (non-hydrogen) atoms. The fourth-order valence-electron chi connectivity index (χ4n) is 22.7. The molecule has 4 unspecified atom stereocenters. The third kappa shape index (κ3) is 16.5. The molecule has 7 fully saturated rings. The number of halogens is 4. The smallest absolute Gasteiger partial charge is 0.239 e. The number of thioether (sulfide) groups is 1. The van der Waals surface area contributed by atoms with Gasteiger partial charge in [0.1, 0.15) is 23.3 Å². The van der Waals surface area contributed by atoms with Gasteiger partial charge in [0.2, 0.25) is 39.6 Å². The van der Waals surface area contributed by atoms with E-state index in [0.717, 1.165) is 149 Å². The number of likely N-dealkylation sites (tertiary alicyclic amines) is 3. The highest BCUT2D eigenvalue weighted by Gasteiger charge is 2.60. The molecule has 2 saturated carbocycles. The predicted molar refractivity (Wildman–Crippen MR) is 511 cm³/mol. The van der Waals surface area contributed by atoms with E-state index in [-0.39, 0.29) is 85.6 Å². The Bertz CT molecular complexity index is 6680. The number of carbonyl (C=O) groups excluding carboxylic acids is 5. The minimum absolute atomic E-state index is 0.0293. The summed E-state index contributed by atoms with van der Waals surface area (Å²) in [5.74, 6) is 1.41. The third-order valence-corrected chi connectivity index (χ3v) is 32.6. The van der Waals surface area contributed by atoms with Crippen molar-refractivity contribution >= 4 is 74.1 Å². The zero-order chi connectivity index (χ0) is 92.7. The monoisotopic (exact) mass is 1850 g/mol. The Morgan fingerprint density at radius 1 is 0.373 bits per heavy atom. The summed E-state index contributed by atoms with van der Waals surface area (Å²) >= 11 is 2.03. The Morgan fingerprint density at radius 2 is 0.687 bits per heavy atom. The Morgan fingerprint density at radius 3 is 0.993 bits per heavy atom. The maximum Gasteiger partial charge on any atom is 0.239 e. The highest BCUT2D eigenvalue weighted by molar-refractivity contribution is 7.99. The van der Waals surface area contributed by atoms with Crippen LogP contribution in [0.4, 0.5) is 40.3 Å². The van der Waals surface area contributed by atoms with E-state index in [0.29, 0.717) is 78.1 Å². The van der Waals surface area contributed by atoms with Crippen molar-refractivity contribution in [2.45, 2.75) is 150 Å². The summed E-state index contributed by atoms with van der Waals surface area (Å²) in [5, 5.41) is 16.6. The van der Waals surface area contributed by atoms with Crippen LogP contribution >= 0.6 is 11.8 Å². The normalized spacial score (nSPS) is 22.4. The molecule has 23 nitrogen and oxygen atoms in total. The van der Waals surface area contributed by atoms with Crippen LogP contribution in [0.1, 0.15) is 134 Å². The Balaban J connectivity index is 0.000000111. The first kappa shape index (κ1) is 89.7. The lowest BCUT2D eigenvalue weighted by Gasteiger charge is -2.35. The van der Waals surface area contributed by atoms with E-state index in [1.807, 2.05) is 182 Å². The number of sulfonamides is 1. The van der Waals surface area contributed by atoms with Crippen LogP contribution in [0.15, 0.2) is 219 Å². The first-order valence-corrected chi connectivity index (χ1v) is 49.8. The zero-order valence-corrected chi connectivity index (χ0v) is 77.8. The van der Waals surface area contributed by atoms with E-state index in [9.17, 15) is 32.4 Å². The summed E-state index contributed by atoms with van der Waals surface area (Å²) in [7, 11) is 3.91. The lowest BCUT2D eigenvalue weighted by atomic mass is 9.80. The van der Waals surface area contributed by atoms with Crippen LogP contribution in [-0.2, 0) is 110 Å². The average molecular weight is 1850 g/mol. The number of rotatable bonds is 16. The van der Waals surface area contributed by atoms with E-state index in [1.54, 1.807) is 96.8 Å². The maximum absolute atomic E-state index is 15.2. The largest absolute Gasteiger partial charge is 0.341 e. The summed E-state index contributed by atoms with van der Waals surface area (Å²) in [6.45, 7) is 5.63. The van der Waals surface area contributed by atoms with Crippen molar-refractivity contribution in [1.82, 2.24) is 58.1 Å². The fraction of sp³-hybridized carbons (Fsp3) is 0.381. The van der Waals surface area contributed by atoms with E-state index >= 15 is 17.6 Å². The Labute approximate surface area is 782 Å². The molecule has 11 aliphatic rings. The number of anilines is 4. The predicted octanol–water partition coefficient (Wildman–Crippen LogP) is 16.4. The number of fused-ring (bicyclic) bond motifs is 8. The summed E-state index contributed by atoms with van der Waals surface area (Å²) in [6, 6.07) is 53.3. The van der Waals surface area contributed by atoms with Crippen molar-refractivity contribution in [3.05, 3.63) is 287 Å². The number of hydrogen-bond donors (Lipinski definition) is 0. The van der Waals surface area contributed by atoms with E-state index in [2.05, 4.69) is 42.3 Å². The molecule has 23 rings (SSSR count). The lowest BCUT2D eigenvalue weighted by molar-refractivity contribution is -0.136. The summed E-state index contributed by atoms with van der Waals surface area (Å²) in [5.41, 5.74) is 13.1. The Kier molecular flexibility index (Phi) is 24.3. The average Bonchev–Trinajstić information content (AvgIpc) is 1.57. The molecule has 692 valence electrons. The van der Waals surface area contributed by atoms with E-state index in [1.165, 1.54) is 66.5 Å². The van der Waals surface area contributed by atoms with Crippen LogP contribution in [0.2, 0.25) is 0 Å². The summed E-state index contributed by atoms with van der Waals surface area (Å²) < 4.78 is 92.9. The van der Waals surface area contributed by atoms with Crippen molar-refractivity contribution in [1.29, 1.82) is 0 Å². The fourth-order valence-corrected chi connectivity index (χ4v) is 24.7. The molecule has 5 saturated heterocycles. The van der Waals surface area contributed by atoms with Gasteiger partial charge < -0.3 is 24.5 Å². The molecule has 0 bridgehead atoms. The van der Waals surface area contributed by atoms with Crippen LogP contribution in [0.5, 0.6) is 0 Å². The molecule has 13 heterocycles. The molecule has 2 aliphatic carbocycles. The van der Waals surface area contributed by atoms with Gasteiger partial charge in [-0.25, -0.2) is 30.3 Å². The molecule has 4 aromatic heterocycles. The van der Waals surface area contributed by atoms with Gasteiger partial charge in [-0.1, -0.05) is 147 Å². The second kappa shape index (κ2) is 36.2. The van der Waals surface area contributed by atoms with Crippen LogP contribution < -0.4 is 19.6 Å². The number of benzene rings is 8. The van der Waals surface area contributed by atoms with Crippen LogP contribution in [0.25, 0.3) is 44.5 Å². The quantitative estimate of drug-likeness (QED) is 0.0823. The van der Waals surface area contributed by atoms with Crippen molar-refractivity contribution < 1.29 is 50.0 Å². The zero-order valence-electron chi connectivity index (χ0n) is 76.2. The first-order chi connectivity index (χ1) is 64.7. The molecule has 4 atom stereocenters. The number of para-hydroxylation sites is 4. The number of hydrogen-bond acceptors (Lipinski definition) is 14. The topological polar surface area (TPSA) is 217 Å². The van der Waals surface area contributed by atoms with Gasteiger partial charge >= 0.3 is 0 Å². The molecular formula is C105H110F4N16O7S2. The van der Waals surface area contributed by atoms with E-state index in [4.69, 9.17) is 0 Å². The molecule has 0 N–H and O–H groups in total. The van der Waals surface area contributed by atoms with Gasteiger partial charge in [0, 0.05) is 178 Å². The highest BCUT2D eigenvalue weighted by Crippen LogP contribution is 2.54.